The first-order valence-corrected chi connectivity index (χ1v) is 5.49. The number of halogens is 4. The van der Waals surface area contributed by atoms with Crippen molar-refractivity contribution in [2.24, 2.45) is 0 Å². The van der Waals surface area contributed by atoms with Crippen LogP contribution in [0.25, 0.3) is 0 Å². The molecule has 0 saturated heterocycles. The first-order chi connectivity index (χ1) is 7.03. The smallest absolute Gasteiger partial charge is 0.398 e. The number of hydrogen-bond acceptors (Lipinski definition) is 3. The second kappa shape index (κ2) is 3.79. The lowest BCUT2D eigenvalue weighted by atomic mass is 10.2. The minimum absolute atomic E-state index is 0.353. The Morgan fingerprint density at radius 1 is 1.31 bits per heavy atom. The third kappa shape index (κ3) is 2.57. The lowest BCUT2D eigenvalue weighted by Gasteiger charge is -2.12. The molecule has 9 heteroatoms. The van der Waals surface area contributed by atoms with Crippen LogP contribution in [0.1, 0.15) is 5.56 Å². The fourth-order valence-electron chi connectivity index (χ4n) is 1.01. The molecule has 4 nitrogen and oxygen atoms in total. The Hall–Kier alpha value is -0.990. The number of anilines is 1. The maximum absolute atomic E-state index is 12.4. The Morgan fingerprint density at radius 3 is 2.19 bits per heavy atom. The largest absolute Gasteiger partial charge is 0.417 e. The minimum Gasteiger partial charge on any atom is -0.398 e. The zero-order valence-corrected chi connectivity index (χ0v) is 8.99. The molecule has 0 aliphatic heterocycles. The van der Waals surface area contributed by atoms with Gasteiger partial charge in [0.1, 0.15) is 4.90 Å². The van der Waals surface area contributed by atoms with E-state index in [2.05, 4.69) is 0 Å². The third-order valence-corrected chi connectivity index (χ3v) is 2.90. The van der Waals surface area contributed by atoms with Crippen LogP contribution in [0.2, 0.25) is 5.02 Å². The van der Waals surface area contributed by atoms with Gasteiger partial charge in [0.05, 0.1) is 16.3 Å². The lowest BCUT2D eigenvalue weighted by Crippen LogP contribution is -2.13. The van der Waals surface area contributed by atoms with Crippen molar-refractivity contribution in [3.05, 3.63) is 22.7 Å². The van der Waals surface area contributed by atoms with E-state index >= 15 is 0 Å². The van der Waals surface area contributed by atoms with Crippen molar-refractivity contribution in [3.8, 4) is 0 Å². The van der Waals surface area contributed by atoms with E-state index in [1.54, 1.807) is 0 Å². The summed E-state index contributed by atoms with van der Waals surface area (Å²) in [5.74, 6) is 0. The molecule has 0 aromatic heterocycles. The van der Waals surface area contributed by atoms with E-state index in [0.717, 1.165) is 0 Å². The van der Waals surface area contributed by atoms with Crippen molar-refractivity contribution in [2.75, 3.05) is 5.73 Å². The number of rotatable bonds is 1. The molecule has 90 valence electrons. The third-order valence-electron chi connectivity index (χ3n) is 1.68. The zero-order valence-electron chi connectivity index (χ0n) is 7.42. The summed E-state index contributed by atoms with van der Waals surface area (Å²) in [6, 6.07) is 0.806. The van der Waals surface area contributed by atoms with Gasteiger partial charge in [0.25, 0.3) is 10.1 Å². The van der Waals surface area contributed by atoms with Gasteiger partial charge in [-0.2, -0.15) is 21.6 Å². The Bertz CT molecular complexity index is 526. The van der Waals surface area contributed by atoms with E-state index in [1.807, 2.05) is 0 Å². The Morgan fingerprint density at radius 2 is 1.81 bits per heavy atom. The van der Waals surface area contributed by atoms with Gasteiger partial charge in [-0.25, -0.2) is 0 Å². The van der Waals surface area contributed by atoms with Crippen LogP contribution in [0, 0.1) is 0 Å². The molecule has 0 heterocycles. The van der Waals surface area contributed by atoms with Gasteiger partial charge in [-0.15, -0.1) is 0 Å². The molecular formula is C7H5ClF3NO3S. The summed E-state index contributed by atoms with van der Waals surface area (Å²) in [6.07, 6.45) is -4.95. The summed E-state index contributed by atoms with van der Waals surface area (Å²) in [5, 5.41) is -0.388. The van der Waals surface area contributed by atoms with Gasteiger partial charge in [-0.1, -0.05) is 11.6 Å². The first kappa shape index (κ1) is 13.1. The van der Waals surface area contributed by atoms with Gasteiger partial charge in [0, 0.05) is 0 Å². The Labute approximate surface area is 93.6 Å². The van der Waals surface area contributed by atoms with Crippen LogP contribution in [0.5, 0.6) is 0 Å². The number of nitrogens with two attached hydrogens (primary N) is 1. The fourth-order valence-corrected chi connectivity index (χ4v) is 1.95. The summed E-state index contributed by atoms with van der Waals surface area (Å²) in [7, 11) is -5.02. The van der Waals surface area contributed by atoms with Crippen molar-refractivity contribution in [1.82, 2.24) is 0 Å². The van der Waals surface area contributed by atoms with E-state index in [0.29, 0.717) is 12.1 Å². The molecule has 0 radical (unpaired) electrons. The molecule has 1 aromatic rings. The SMILES string of the molecule is Nc1cc(C(F)(F)F)c(S(=O)(=O)O)cc1Cl. The van der Waals surface area contributed by atoms with E-state index < -0.39 is 32.4 Å². The van der Waals surface area contributed by atoms with Crippen LogP contribution in [0.15, 0.2) is 17.0 Å². The highest BCUT2D eigenvalue weighted by Gasteiger charge is 2.37. The minimum atomic E-state index is -5.02. The van der Waals surface area contributed by atoms with Crippen molar-refractivity contribution >= 4 is 27.4 Å². The highest BCUT2D eigenvalue weighted by atomic mass is 35.5. The number of nitrogen functional groups attached to an aromatic ring is 1. The molecule has 16 heavy (non-hydrogen) atoms. The number of hydrogen-bond donors (Lipinski definition) is 2. The average molecular weight is 276 g/mol. The van der Waals surface area contributed by atoms with Gasteiger partial charge >= 0.3 is 6.18 Å². The van der Waals surface area contributed by atoms with Crippen LogP contribution in [0.4, 0.5) is 18.9 Å². The summed E-state index contributed by atoms with van der Waals surface area (Å²) in [5.41, 5.74) is 3.13. The van der Waals surface area contributed by atoms with Gasteiger partial charge in [-0.3, -0.25) is 4.55 Å². The first-order valence-electron chi connectivity index (χ1n) is 3.67. The molecule has 0 atom stereocenters. The van der Waals surface area contributed by atoms with Crippen LogP contribution in [0.3, 0.4) is 0 Å². The fraction of sp³-hybridized carbons (Fsp3) is 0.143. The molecule has 0 spiro atoms. The molecule has 0 amide bonds. The molecular weight excluding hydrogens is 271 g/mol. The maximum atomic E-state index is 12.4. The average Bonchev–Trinajstić information content (AvgIpc) is 2.05. The van der Waals surface area contributed by atoms with E-state index in [-0.39, 0.29) is 5.02 Å². The summed E-state index contributed by atoms with van der Waals surface area (Å²) in [4.78, 5) is -1.32. The van der Waals surface area contributed by atoms with E-state index in [9.17, 15) is 21.6 Å². The van der Waals surface area contributed by atoms with E-state index in [1.165, 1.54) is 0 Å². The molecule has 0 bridgehead atoms. The van der Waals surface area contributed by atoms with Gasteiger partial charge in [0.2, 0.25) is 0 Å². The summed E-state index contributed by atoms with van der Waals surface area (Å²) in [6.45, 7) is 0. The van der Waals surface area contributed by atoms with Crippen molar-refractivity contribution in [3.63, 3.8) is 0 Å². The van der Waals surface area contributed by atoms with Gasteiger partial charge in [0.15, 0.2) is 0 Å². The van der Waals surface area contributed by atoms with E-state index in [4.69, 9.17) is 21.9 Å². The Balaban J connectivity index is 3.66. The van der Waals surface area contributed by atoms with Gasteiger partial charge in [-0.05, 0) is 12.1 Å². The van der Waals surface area contributed by atoms with Crippen LogP contribution in [-0.2, 0) is 16.3 Å². The predicted molar refractivity (Wildman–Crippen MR) is 50.7 cm³/mol. The molecule has 1 rings (SSSR count). The van der Waals surface area contributed by atoms with Crippen LogP contribution in [-0.4, -0.2) is 13.0 Å². The number of benzene rings is 1. The molecule has 0 unspecified atom stereocenters. The molecule has 1 aromatic carbocycles. The second-order valence-electron chi connectivity index (χ2n) is 2.84. The van der Waals surface area contributed by atoms with Crippen molar-refractivity contribution < 1.29 is 26.1 Å². The monoisotopic (exact) mass is 275 g/mol. The molecule has 3 N–H and O–H groups in total. The molecule has 0 aliphatic rings. The normalized spacial score (nSPS) is 12.8. The van der Waals surface area contributed by atoms with Crippen molar-refractivity contribution in [1.29, 1.82) is 0 Å². The highest BCUT2D eigenvalue weighted by molar-refractivity contribution is 7.85. The summed E-state index contributed by atoms with van der Waals surface area (Å²) < 4.78 is 67.3. The zero-order chi connectivity index (χ0) is 12.7. The topological polar surface area (TPSA) is 80.4 Å². The predicted octanol–water partition coefficient (Wildman–Crippen LogP) is 2.19. The standard InChI is InChI=1S/C7H5ClF3NO3S/c8-4-2-6(16(13,14)15)3(1-5(4)12)7(9,10)11/h1-2H,12H2,(H,13,14,15). The Kier molecular flexibility index (Phi) is 3.10. The summed E-state index contributed by atoms with van der Waals surface area (Å²) >= 11 is 5.37. The second-order valence-corrected chi connectivity index (χ2v) is 4.64. The maximum Gasteiger partial charge on any atom is 0.417 e. The lowest BCUT2D eigenvalue weighted by molar-refractivity contribution is -0.139. The molecule has 0 fully saturated rings. The molecule has 0 saturated carbocycles. The number of alkyl halides is 3. The van der Waals surface area contributed by atoms with Crippen molar-refractivity contribution in [2.45, 2.75) is 11.1 Å². The molecule has 0 aliphatic carbocycles. The van der Waals surface area contributed by atoms with Gasteiger partial charge < -0.3 is 5.73 Å². The highest BCUT2D eigenvalue weighted by Crippen LogP contribution is 2.37. The van der Waals surface area contributed by atoms with Crippen LogP contribution < -0.4 is 5.73 Å². The van der Waals surface area contributed by atoms with Crippen LogP contribution >= 0.6 is 11.6 Å². The quantitative estimate of drug-likeness (QED) is 0.608.